The first-order chi connectivity index (χ1) is 32.9. The van der Waals surface area contributed by atoms with Crippen LogP contribution in [-0.4, -0.2) is 15.0 Å². The Bertz CT molecular complexity index is 3160. The smallest absolute Gasteiger partial charge is 0.304 e. The third-order valence-electron chi connectivity index (χ3n) is 12.0. The second-order valence-electron chi connectivity index (χ2n) is 16.5. The Morgan fingerprint density at radius 3 is 1.28 bits per heavy atom. The van der Waals surface area contributed by atoms with Gasteiger partial charge in [-0.15, -0.1) is 89.5 Å². The van der Waals surface area contributed by atoms with Gasteiger partial charge >= 0.3 is 20.1 Å². The number of hydrogen-bond acceptors (Lipinski definition) is 3. The number of rotatable bonds is 13. The Morgan fingerprint density at radius 1 is 0.324 bits per heavy atom. The molecule has 3 aromatic heterocycles. The molecule has 0 saturated carbocycles. The van der Waals surface area contributed by atoms with Gasteiger partial charge in [-0.2, -0.15) is 0 Å². The summed E-state index contributed by atoms with van der Waals surface area (Å²) in [6.45, 7) is 0. The fraction of sp³-hybridized carbons (Fsp3) is 0.0656. The van der Waals surface area contributed by atoms with Gasteiger partial charge in [0.1, 0.15) is 0 Å². The summed E-state index contributed by atoms with van der Waals surface area (Å²) >= 11 is 0. The topological polar surface area (TPSA) is 38.7 Å². The number of aromatic nitrogens is 3. The number of aryl methyl sites for hydroxylation is 4. The second-order valence-corrected chi connectivity index (χ2v) is 16.5. The van der Waals surface area contributed by atoms with Gasteiger partial charge in [-0.05, 0) is 104 Å². The van der Waals surface area contributed by atoms with Gasteiger partial charge in [0.25, 0.3) is 0 Å². The van der Waals surface area contributed by atoms with Gasteiger partial charge in [0.15, 0.2) is 0 Å². The van der Waals surface area contributed by atoms with Crippen LogP contribution in [0.4, 0.5) is 13.2 Å². The van der Waals surface area contributed by atoms with Crippen molar-refractivity contribution in [2.75, 3.05) is 0 Å². The summed E-state index contributed by atoms with van der Waals surface area (Å²) in [5, 5.41) is 0. The summed E-state index contributed by atoms with van der Waals surface area (Å²) in [5.74, 6) is -1.01. The first-order valence-electron chi connectivity index (χ1n) is 22.2. The second kappa shape index (κ2) is 20.9. The molecule has 10 rings (SSSR count). The van der Waals surface area contributed by atoms with Crippen LogP contribution >= 0.6 is 0 Å². The quantitative estimate of drug-likeness (QED) is 0.108. The molecule has 3 nitrogen and oxygen atoms in total. The summed E-state index contributed by atoms with van der Waals surface area (Å²) < 4.78 is 41.2. The number of halogens is 3. The summed E-state index contributed by atoms with van der Waals surface area (Å²) in [7, 11) is 0. The van der Waals surface area contributed by atoms with Gasteiger partial charge in [-0.1, -0.05) is 127 Å². The van der Waals surface area contributed by atoms with Crippen molar-refractivity contribution >= 4 is 0 Å². The maximum absolute atomic E-state index is 14.0. The first-order valence-corrected chi connectivity index (χ1v) is 22.2. The molecule has 0 saturated heterocycles. The number of hydrogen-bond donors (Lipinski definition) is 0. The Balaban J connectivity index is 0.00000578. The molecule has 0 fully saturated rings. The molecule has 0 aliphatic carbocycles. The van der Waals surface area contributed by atoms with Crippen molar-refractivity contribution in [3.63, 3.8) is 0 Å². The molecule has 0 unspecified atom stereocenters. The zero-order valence-electron chi connectivity index (χ0n) is 36.7. The number of pyridine rings is 3. The van der Waals surface area contributed by atoms with Crippen LogP contribution in [0.2, 0.25) is 0 Å². The number of benzene rings is 7. The maximum Gasteiger partial charge on any atom is 3.00 e. The van der Waals surface area contributed by atoms with E-state index in [1.54, 1.807) is 18.2 Å². The minimum atomic E-state index is -0.349. The summed E-state index contributed by atoms with van der Waals surface area (Å²) in [6.07, 6.45) is 8.80. The van der Waals surface area contributed by atoms with Crippen LogP contribution in [0.25, 0.3) is 78.3 Å². The molecule has 0 bridgehead atoms. The molecular weight excluding hydrogens is 1020 g/mol. The van der Waals surface area contributed by atoms with Crippen LogP contribution in [0.5, 0.6) is 0 Å². The van der Waals surface area contributed by atoms with Gasteiger partial charge in [0, 0.05) is 41.6 Å². The number of nitrogens with zero attached hydrogens (tertiary/aromatic N) is 3. The van der Waals surface area contributed by atoms with Crippen molar-refractivity contribution in [2.45, 2.75) is 25.7 Å². The van der Waals surface area contributed by atoms with Crippen LogP contribution in [0.3, 0.4) is 0 Å². The summed E-state index contributed by atoms with van der Waals surface area (Å²) in [6, 6.07) is 66.8. The van der Waals surface area contributed by atoms with Crippen LogP contribution in [0.1, 0.15) is 22.3 Å². The van der Waals surface area contributed by atoms with Crippen molar-refractivity contribution in [2.24, 2.45) is 0 Å². The third kappa shape index (κ3) is 10.7. The minimum Gasteiger partial charge on any atom is -0.304 e. The largest absolute Gasteiger partial charge is 3.00 e. The average Bonchev–Trinajstić information content (AvgIpc) is 3.38. The van der Waals surface area contributed by atoms with Crippen molar-refractivity contribution in [3.05, 3.63) is 258 Å². The molecule has 0 aliphatic heterocycles. The molecule has 330 valence electrons. The van der Waals surface area contributed by atoms with E-state index in [0.717, 1.165) is 104 Å². The van der Waals surface area contributed by atoms with Crippen molar-refractivity contribution in [3.8, 4) is 78.3 Å². The fourth-order valence-corrected chi connectivity index (χ4v) is 8.44. The van der Waals surface area contributed by atoms with Crippen LogP contribution < -0.4 is 0 Å². The van der Waals surface area contributed by atoms with Gasteiger partial charge in [0.2, 0.25) is 0 Å². The molecule has 3 heterocycles. The van der Waals surface area contributed by atoms with E-state index in [0.29, 0.717) is 11.3 Å². The monoisotopic (exact) mass is 1070 g/mol. The van der Waals surface area contributed by atoms with Crippen molar-refractivity contribution < 1.29 is 33.3 Å². The molecule has 0 N–H and O–H groups in total. The Hall–Kier alpha value is -7.57. The maximum atomic E-state index is 14.0. The summed E-state index contributed by atoms with van der Waals surface area (Å²) in [4.78, 5) is 14.3. The van der Waals surface area contributed by atoms with E-state index in [-0.39, 0.29) is 37.6 Å². The SMILES string of the molecule is Fc1c[c-]c(-c2ccc(CCc3cc(CCc4ccc(-c5[c-]cc(F)cc5)nc4)cc(-c4ccccc4-c4cnc(-c5[c-]cc(F)cc5)cc4-c4ccc(-c5ccccc5)cc4)c3)cn2)cc1.[Ir+3]. The average molecular weight is 1070 g/mol. The van der Waals surface area contributed by atoms with Gasteiger partial charge < -0.3 is 15.0 Å². The first kappa shape index (κ1) is 45.6. The summed E-state index contributed by atoms with van der Waals surface area (Å²) in [5.41, 5.74) is 17.4. The van der Waals surface area contributed by atoms with E-state index >= 15 is 0 Å². The molecule has 0 aliphatic rings. The standard InChI is InChI=1S/C61H41F3N3.Ir/c62-52-26-20-48(21-27-52)59-32-14-41(38-65-59)10-12-43-34-44(13-11-42-15-33-60(66-39-42)49-22-28-53(63)29-23-49)36-51(35-43)55-8-4-5-9-56(55)58-40-67-61(50-24-30-54(64)31-25-50)37-57(58)47-18-16-46(17-19-47)45-6-2-1-3-7-45;/h1-9,14-20,22,24,26-40H,10-13H2;/q-3;+3. The Kier molecular flexibility index (Phi) is 14.0. The minimum absolute atomic E-state index is 0. The van der Waals surface area contributed by atoms with E-state index in [1.807, 2.05) is 48.9 Å². The van der Waals surface area contributed by atoms with Crippen LogP contribution in [0.15, 0.2) is 201 Å². The van der Waals surface area contributed by atoms with Gasteiger partial charge in [-0.3, -0.25) is 13.2 Å². The molecule has 0 radical (unpaired) electrons. The van der Waals surface area contributed by atoms with E-state index in [9.17, 15) is 13.2 Å². The van der Waals surface area contributed by atoms with Crippen molar-refractivity contribution in [1.82, 2.24) is 15.0 Å². The molecule has 7 aromatic carbocycles. The zero-order chi connectivity index (χ0) is 45.5. The van der Waals surface area contributed by atoms with Gasteiger partial charge in [-0.25, -0.2) is 0 Å². The molecule has 10 aromatic rings. The molecule has 0 amide bonds. The molecule has 68 heavy (non-hydrogen) atoms. The Morgan fingerprint density at radius 2 is 0.779 bits per heavy atom. The van der Waals surface area contributed by atoms with E-state index < -0.39 is 0 Å². The van der Waals surface area contributed by atoms with Crippen LogP contribution in [-0.2, 0) is 45.8 Å². The van der Waals surface area contributed by atoms with Crippen molar-refractivity contribution in [1.29, 1.82) is 0 Å². The van der Waals surface area contributed by atoms with E-state index in [1.165, 1.54) is 47.5 Å². The predicted octanol–water partition coefficient (Wildman–Crippen LogP) is 14.9. The zero-order valence-corrected chi connectivity index (χ0v) is 39.1. The van der Waals surface area contributed by atoms with Gasteiger partial charge in [0.05, 0.1) is 0 Å². The molecule has 0 spiro atoms. The molecular formula is C61H41F3IrN3. The fourth-order valence-electron chi connectivity index (χ4n) is 8.44. The third-order valence-corrected chi connectivity index (χ3v) is 12.0. The van der Waals surface area contributed by atoms with E-state index in [2.05, 4.69) is 115 Å². The van der Waals surface area contributed by atoms with E-state index in [4.69, 9.17) is 15.0 Å². The normalized spacial score (nSPS) is 11.0. The molecule has 0 atom stereocenters. The predicted molar refractivity (Wildman–Crippen MR) is 262 cm³/mol. The van der Waals surface area contributed by atoms with Crippen LogP contribution in [0, 0.1) is 35.7 Å². The molecule has 7 heteroatoms. The Labute approximate surface area is 408 Å².